The maximum absolute atomic E-state index is 4.61. The molecule has 0 atom stereocenters. The molecule has 0 bridgehead atoms. The molecule has 0 saturated heterocycles. The van der Waals surface area contributed by atoms with E-state index in [1.165, 1.54) is 16.3 Å². The van der Waals surface area contributed by atoms with Crippen LogP contribution >= 0.6 is 0 Å². The van der Waals surface area contributed by atoms with Crippen molar-refractivity contribution < 1.29 is 0 Å². The van der Waals surface area contributed by atoms with Crippen molar-refractivity contribution in [3.05, 3.63) is 67.1 Å². The number of fused-ring (bicyclic) bond motifs is 8. The van der Waals surface area contributed by atoms with Crippen molar-refractivity contribution in [2.24, 2.45) is 0 Å². The van der Waals surface area contributed by atoms with Crippen LogP contribution in [-0.2, 0) is 0 Å². The molecular formula is C18H11N3. The van der Waals surface area contributed by atoms with Crippen molar-refractivity contribution >= 4 is 38.2 Å². The summed E-state index contributed by atoms with van der Waals surface area (Å²) in [4.78, 5) is 9.16. The van der Waals surface area contributed by atoms with Gasteiger partial charge in [-0.25, -0.2) is 4.98 Å². The van der Waals surface area contributed by atoms with Gasteiger partial charge in [0.2, 0.25) is 0 Å². The lowest BCUT2D eigenvalue weighted by Gasteiger charge is -2.10. The van der Waals surface area contributed by atoms with Crippen molar-refractivity contribution in [3.8, 4) is 0 Å². The third-order valence-corrected chi connectivity index (χ3v) is 4.09. The summed E-state index contributed by atoms with van der Waals surface area (Å²) < 4.78 is 2.16. The van der Waals surface area contributed by atoms with Crippen LogP contribution in [0.2, 0.25) is 0 Å². The monoisotopic (exact) mass is 269 g/mol. The zero-order valence-electron chi connectivity index (χ0n) is 11.2. The quantitative estimate of drug-likeness (QED) is 0.395. The highest BCUT2D eigenvalue weighted by molar-refractivity contribution is 6.21. The molecule has 5 rings (SSSR count). The number of nitrogens with zero attached hydrogens (tertiary/aromatic N) is 3. The van der Waals surface area contributed by atoms with E-state index in [2.05, 4.69) is 57.0 Å². The van der Waals surface area contributed by atoms with Gasteiger partial charge in [-0.3, -0.25) is 4.98 Å². The van der Waals surface area contributed by atoms with Crippen LogP contribution in [0.1, 0.15) is 0 Å². The molecule has 0 spiro atoms. The summed E-state index contributed by atoms with van der Waals surface area (Å²) in [6, 6.07) is 16.6. The van der Waals surface area contributed by atoms with E-state index >= 15 is 0 Å². The van der Waals surface area contributed by atoms with Crippen LogP contribution in [0.4, 0.5) is 0 Å². The minimum atomic E-state index is 0.974. The Bertz CT molecular complexity index is 1130. The second kappa shape index (κ2) is 3.79. The number of aromatic nitrogens is 3. The molecule has 0 amide bonds. The summed E-state index contributed by atoms with van der Waals surface area (Å²) >= 11 is 0. The van der Waals surface area contributed by atoms with E-state index in [1.807, 2.05) is 24.5 Å². The molecule has 0 radical (unpaired) electrons. The fourth-order valence-electron chi connectivity index (χ4n) is 3.19. The molecule has 5 aromatic rings. The smallest absolute Gasteiger partial charge is 0.145 e. The van der Waals surface area contributed by atoms with Gasteiger partial charge in [0, 0.05) is 40.1 Å². The Morgan fingerprint density at radius 2 is 1.67 bits per heavy atom. The van der Waals surface area contributed by atoms with Crippen molar-refractivity contribution in [1.29, 1.82) is 0 Å². The Morgan fingerprint density at radius 1 is 0.762 bits per heavy atom. The van der Waals surface area contributed by atoms with Crippen molar-refractivity contribution in [1.82, 2.24) is 14.4 Å². The van der Waals surface area contributed by atoms with Gasteiger partial charge in [-0.05, 0) is 30.3 Å². The van der Waals surface area contributed by atoms with Gasteiger partial charge < -0.3 is 4.40 Å². The van der Waals surface area contributed by atoms with Crippen molar-refractivity contribution in [2.75, 3.05) is 0 Å². The molecule has 21 heavy (non-hydrogen) atoms. The Hall–Kier alpha value is -2.94. The number of benzene rings is 1. The van der Waals surface area contributed by atoms with Gasteiger partial charge in [-0.15, -0.1) is 0 Å². The molecule has 0 fully saturated rings. The number of pyridine rings is 3. The first-order chi connectivity index (χ1) is 10.4. The van der Waals surface area contributed by atoms with E-state index in [1.54, 1.807) is 0 Å². The zero-order chi connectivity index (χ0) is 13.8. The first-order valence-corrected chi connectivity index (χ1v) is 6.95. The van der Waals surface area contributed by atoms with Crippen LogP contribution in [0.15, 0.2) is 67.1 Å². The molecule has 98 valence electrons. The standard InChI is InChI=1S/C18H11N3/c1-2-7-15-13(5-1)17-14(11-20-15)12-6-3-9-19-18(12)21-10-4-8-16(17)21/h1-11H. The number of para-hydroxylation sites is 1. The van der Waals surface area contributed by atoms with Crippen molar-refractivity contribution in [3.63, 3.8) is 0 Å². The summed E-state index contributed by atoms with van der Waals surface area (Å²) in [6.07, 6.45) is 5.87. The maximum Gasteiger partial charge on any atom is 0.145 e. The second-order valence-corrected chi connectivity index (χ2v) is 5.20. The summed E-state index contributed by atoms with van der Waals surface area (Å²) in [5.41, 5.74) is 3.17. The molecule has 1 aromatic carbocycles. The largest absolute Gasteiger partial charge is 0.301 e. The van der Waals surface area contributed by atoms with Gasteiger partial charge in [0.1, 0.15) is 5.65 Å². The molecule has 3 nitrogen and oxygen atoms in total. The molecule has 0 saturated carbocycles. The summed E-state index contributed by atoms with van der Waals surface area (Å²) in [7, 11) is 0. The lowest BCUT2D eigenvalue weighted by atomic mass is 10.0. The number of hydrogen-bond donors (Lipinski definition) is 0. The SMILES string of the molecule is c1ccc2c(c1)ncc1c3cccnc3n3cccc3c21. The number of hydrogen-bond acceptors (Lipinski definition) is 2. The first-order valence-electron chi connectivity index (χ1n) is 6.95. The predicted octanol–water partition coefficient (Wildman–Crippen LogP) is 4.19. The minimum absolute atomic E-state index is 0.974. The molecule has 3 heteroatoms. The summed E-state index contributed by atoms with van der Waals surface area (Å²) in [5, 5.41) is 4.72. The Kier molecular flexibility index (Phi) is 1.95. The van der Waals surface area contributed by atoms with E-state index in [9.17, 15) is 0 Å². The van der Waals surface area contributed by atoms with E-state index in [4.69, 9.17) is 0 Å². The van der Waals surface area contributed by atoms with E-state index in [0.717, 1.165) is 21.9 Å². The van der Waals surface area contributed by atoms with Gasteiger partial charge in [0.25, 0.3) is 0 Å². The fourth-order valence-corrected chi connectivity index (χ4v) is 3.19. The molecule has 0 unspecified atom stereocenters. The zero-order valence-corrected chi connectivity index (χ0v) is 11.2. The molecule has 0 aliphatic carbocycles. The van der Waals surface area contributed by atoms with Gasteiger partial charge in [-0.1, -0.05) is 18.2 Å². The highest BCUT2D eigenvalue weighted by Gasteiger charge is 2.11. The maximum atomic E-state index is 4.61. The molecule has 4 heterocycles. The summed E-state index contributed by atoms with van der Waals surface area (Å²) in [6.45, 7) is 0. The molecule has 0 aliphatic heterocycles. The highest BCUT2D eigenvalue weighted by atomic mass is 15.0. The van der Waals surface area contributed by atoms with Crippen LogP contribution in [0, 0.1) is 0 Å². The molecule has 0 N–H and O–H groups in total. The van der Waals surface area contributed by atoms with Crippen molar-refractivity contribution in [2.45, 2.75) is 0 Å². The van der Waals surface area contributed by atoms with Crippen LogP contribution in [0.25, 0.3) is 38.2 Å². The van der Waals surface area contributed by atoms with Gasteiger partial charge in [0.15, 0.2) is 0 Å². The Balaban J connectivity index is 2.24. The van der Waals surface area contributed by atoms with Crippen LogP contribution in [0.5, 0.6) is 0 Å². The fraction of sp³-hybridized carbons (Fsp3) is 0. The van der Waals surface area contributed by atoms with Gasteiger partial charge in [-0.2, -0.15) is 0 Å². The highest BCUT2D eigenvalue weighted by Crippen LogP contribution is 2.32. The second-order valence-electron chi connectivity index (χ2n) is 5.20. The third kappa shape index (κ3) is 1.32. The lowest BCUT2D eigenvalue weighted by Crippen LogP contribution is -1.93. The molecular weight excluding hydrogens is 258 g/mol. The van der Waals surface area contributed by atoms with Gasteiger partial charge in [0.05, 0.1) is 11.0 Å². The Morgan fingerprint density at radius 3 is 2.67 bits per heavy atom. The normalized spacial score (nSPS) is 11.8. The Labute approximate surface area is 120 Å². The predicted molar refractivity (Wildman–Crippen MR) is 85.5 cm³/mol. The lowest BCUT2D eigenvalue weighted by molar-refractivity contribution is 1.21. The average molecular weight is 269 g/mol. The molecule has 4 aromatic heterocycles. The van der Waals surface area contributed by atoms with E-state index in [-0.39, 0.29) is 0 Å². The van der Waals surface area contributed by atoms with Gasteiger partial charge >= 0.3 is 0 Å². The first kappa shape index (κ1) is 10.8. The van der Waals surface area contributed by atoms with E-state index in [0.29, 0.717) is 0 Å². The average Bonchev–Trinajstić information content (AvgIpc) is 3.04. The number of rotatable bonds is 0. The topological polar surface area (TPSA) is 30.2 Å². The minimum Gasteiger partial charge on any atom is -0.301 e. The van der Waals surface area contributed by atoms with Crippen LogP contribution in [-0.4, -0.2) is 14.4 Å². The van der Waals surface area contributed by atoms with E-state index < -0.39 is 0 Å². The summed E-state index contributed by atoms with van der Waals surface area (Å²) in [5.74, 6) is 0. The van der Waals surface area contributed by atoms with Crippen LogP contribution < -0.4 is 0 Å². The molecule has 0 aliphatic rings. The van der Waals surface area contributed by atoms with Crippen LogP contribution in [0.3, 0.4) is 0 Å². The third-order valence-electron chi connectivity index (χ3n) is 4.09.